The Bertz CT molecular complexity index is 156. The predicted molar refractivity (Wildman–Crippen MR) is 58.2 cm³/mol. The van der Waals surface area contributed by atoms with Gasteiger partial charge in [-0.15, -0.1) is 0 Å². The van der Waals surface area contributed by atoms with Gasteiger partial charge in [0, 0.05) is 12.3 Å². The average molecular weight is 200 g/mol. The minimum absolute atomic E-state index is 0.315. The van der Waals surface area contributed by atoms with E-state index in [1.165, 1.54) is 0 Å². The second kappa shape index (κ2) is 5.13. The Morgan fingerprint density at radius 3 is 1.86 bits per heavy atom. The lowest BCUT2D eigenvalue weighted by Gasteiger charge is -2.37. The molecule has 0 unspecified atom stereocenters. The van der Waals surface area contributed by atoms with E-state index in [1.54, 1.807) is 0 Å². The topological polar surface area (TPSA) is 18.5 Å². The van der Waals surface area contributed by atoms with Crippen molar-refractivity contribution in [3.63, 3.8) is 0 Å². The molecule has 2 heteroatoms. The summed E-state index contributed by atoms with van der Waals surface area (Å²) in [6.45, 7) is 10.5. The van der Waals surface area contributed by atoms with Gasteiger partial charge in [-0.25, -0.2) is 0 Å². The van der Waals surface area contributed by atoms with Crippen molar-refractivity contribution in [2.75, 3.05) is 13.2 Å². The fraction of sp³-hybridized carbons (Fsp3) is 1.00. The summed E-state index contributed by atoms with van der Waals surface area (Å²) in [6.07, 6.45) is 3.27. The normalized spacial score (nSPS) is 22.7. The third-order valence-electron chi connectivity index (χ3n) is 2.80. The van der Waals surface area contributed by atoms with Gasteiger partial charge >= 0.3 is 0 Å². The highest BCUT2D eigenvalue weighted by Crippen LogP contribution is 2.33. The summed E-state index contributed by atoms with van der Waals surface area (Å²) in [5.74, 6) is 0.739. The van der Waals surface area contributed by atoms with Crippen LogP contribution in [0, 0.1) is 11.8 Å². The van der Waals surface area contributed by atoms with Crippen molar-refractivity contribution in [1.29, 1.82) is 0 Å². The lowest BCUT2D eigenvalue weighted by atomic mass is 9.93. The molecular weight excluding hydrogens is 176 g/mol. The first-order chi connectivity index (χ1) is 6.57. The van der Waals surface area contributed by atoms with Crippen molar-refractivity contribution in [2.45, 2.75) is 52.7 Å². The molecule has 0 bridgehead atoms. The lowest BCUT2D eigenvalue weighted by molar-refractivity contribution is -0.258. The van der Waals surface area contributed by atoms with Crippen molar-refractivity contribution in [2.24, 2.45) is 11.8 Å². The molecule has 0 aromatic rings. The molecule has 0 aliphatic carbocycles. The summed E-state index contributed by atoms with van der Waals surface area (Å²) in [5, 5.41) is 0. The van der Waals surface area contributed by atoms with Gasteiger partial charge in [0.1, 0.15) is 0 Å². The fourth-order valence-electron chi connectivity index (χ4n) is 1.99. The van der Waals surface area contributed by atoms with Gasteiger partial charge in [0.25, 0.3) is 0 Å². The van der Waals surface area contributed by atoms with Crippen LogP contribution in [-0.4, -0.2) is 19.0 Å². The predicted octanol–water partition coefficient (Wildman–Crippen LogP) is 3.21. The fourth-order valence-corrected chi connectivity index (χ4v) is 1.99. The summed E-state index contributed by atoms with van der Waals surface area (Å²) in [5.41, 5.74) is 0. The van der Waals surface area contributed by atoms with Crippen molar-refractivity contribution in [3.8, 4) is 0 Å². The van der Waals surface area contributed by atoms with E-state index in [2.05, 4.69) is 27.7 Å². The minimum atomic E-state index is -0.315. The summed E-state index contributed by atoms with van der Waals surface area (Å²) in [7, 11) is 0. The van der Waals surface area contributed by atoms with E-state index in [4.69, 9.17) is 9.47 Å². The quantitative estimate of drug-likeness (QED) is 0.696. The van der Waals surface area contributed by atoms with Crippen molar-refractivity contribution in [3.05, 3.63) is 0 Å². The summed E-state index contributed by atoms with van der Waals surface area (Å²) in [6, 6.07) is 0. The molecule has 1 aliphatic heterocycles. The molecule has 1 heterocycles. The molecule has 0 aromatic carbocycles. The molecule has 0 saturated carbocycles. The number of rotatable bonds is 3. The van der Waals surface area contributed by atoms with Gasteiger partial charge in [-0.2, -0.15) is 0 Å². The van der Waals surface area contributed by atoms with Crippen LogP contribution in [0.1, 0.15) is 47.0 Å². The van der Waals surface area contributed by atoms with E-state index in [1.807, 2.05) is 0 Å². The minimum Gasteiger partial charge on any atom is -0.350 e. The Morgan fingerprint density at radius 1 is 1.00 bits per heavy atom. The van der Waals surface area contributed by atoms with Gasteiger partial charge in [0.15, 0.2) is 5.79 Å². The van der Waals surface area contributed by atoms with Crippen LogP contribution in [-0.2, 0) is 9.47 Å². The molecule has 0 aromatic heterocycles. The number of ether oxygens (including phenoxy) is 2. The van der Waals surface area contributed by atoms with Crippen molar-refractivity contribution < 1.29 is 9.47 Å². The molecule has 1 saturated heterocycles. The van der Waals surface area contributed by atoms with Crippen LogP contribution in [0.4, 0.5) is 0 Å². The Balaban J connectivity index is 2.67. The monoisotopic (exact) mass is 200 g/mol. The average Bonchev–Trinajstić information content (AvgIpc) is 2.29. The van der Waals surface area contributed by atoms with Crippen molar-refractivity contribution >= 4 is 0 Å². The molecule has 0 spiro atoms. The number of hydrogen-bond acceptors (Lipinski definition) is 2. The molecule has 0 atom stereocenters. The molecule has 2 nitrogen and oxygen atoms in total. The first-order valence-electron chi connectivity index (χ1n) is 5.85. The molecule has 0 radical (unpaired) electrons. The third-order valence-corrected chi connectivity index (χ3v) is 2.80. The van der Waals surface area contributed by atoms with Crippen LogP contribution < -0.4 is 0 Å². The lowest BCUT2D eigenvalue weighted by Crippen LogP contribution is -2.42. The van der Waals surface area contributed by atoms with E-state index in [0.29, 0.717) is 11.8 Å². The van der Waals surface area contributed by atoms with Gasteiger partial charge in [-0.3, -0.25) is 0 Å². The highest BCUT2D eigenvalue weighted by molar-refractivity contribution is 4.77. The zero-order valence-electron chi connectivity index (χ0n) is 10.0. The van der Waals surface area contributed by atoms with Crippen LogP contribution in [0.2, 0.25) is 0 Å². The van der Waals surface area contributed by atoms with Gasteiger partial charge in [0.2, 0.25) is 0 Å². The zero-order valence-corrected chi connectivity index (χ0v) is 10.0. The van der Waals surface area contributed by atoms with Gasteiger partial charge < -0.3 is 9.47 Å². The summed E-state index contributed by atoms with van der Waals surface area (Å²) in [4.78, 5) is 0. The van der Waals surface area contributed by atoms with E-state index < -0.39 is 0 Å². The van der Waals surface area contributed by atoms with Gasteiger partial charge in [0.05, 0.1) is 13.2 Å². The molecule has 0 amide bonds. The highest BCUT2D eigenvalue weighted by Gasteiger charge is 2.37. The second-order valence-electron chi connectivity index (χ2n) is 4.97. The Labute approximate surface area is 88.0 Å². The maximum absolute atomic E-state index is 5.94. The van der Waals surface area contributed by atoms with Gasteiger partial charge in [-0.05, 0) is 18.8 Å². The van der Waals surface area contributed by atoms with Crippen LogP contribution in [0.25, 0.3) is 0 Å². The molecule has 14 heavy (non-hydrogen) atoms. The molecule has 1 rings (SSSR count). The van der Waals surface area contributed by atoms with E-state index in [9.17, 15) is 0 Å². The molecule has 0 N–H and O–H groups in total. The largest absolute Gasteiger partial charge is 0.350 e. The van der Waals surface area contributed by atoms with Crippen molar-refractivity contribution in [1.82, 2.24) is 0 Å². The third kappa shape index (κ3) is 2.96. The zero-order chi connectivity index (χ0) is 10.6. The first kappa shape index (κ1) is 12.0. The number of hydrogen-bond donors (Lipinski definition) is 0. The molecule has 1 aliphatic rings. The Morgan fingerprint density at radius 2 is 1.50 bits per heavy atom. The maximum atomic E-state index is 5.94. The van der Waals surface area contributed by atoms with E-state index in [-0.39, 0.29) is 5.79 Å². The second-order valence-corrected chi connectivity index (χ2v) is 4.97. The van der Waals surface area contributed by atoms with E-state index in [0.717, 1.165) is 32.5 Å². The first-order valence-corrected chi connectivity index (χ1v) is 5.85. The maximum Gasteiger partial charge on any atom is 0.170 e. The SMILES string of the molecule is CC(C)CC1(C(C)C)OCCCCO1. The molecule has 84 valence electrons. The highest BCUT2D eigenvalue weighted by atomic mass is 16.7. The smallest absolute Gasteiger partial charge is 0.170 e. The standard InChI is InChI=1S/C12H24O2/c1-10(2)9-12(11(3)4)13-7-5-6-8-14-12/h10-11H,5-9H2,1-4H3. The van der Waals surface area contributed by atoms with Crippen LogP contribution in [0.15, 0.2) is 0 Å². The Kier molecular flexibility index (Phi) is 4.39. The Hall–Kier alpha value is -0.0800. The van der Waals surface area contributed by atoms with Crippen LogP contribution in [0.3, 0.4) is 0 Å². The van der Waals surface area contributed by atoms with Crippen LogP contribution >= 0.6 is 0 Å². The van der Waals surface area contributed by atoms with E-state index >= 15 is 0 Å². The van der Waals surface area contributed by atoms with Crippen LogP contribution in [0.5, 0.6) is 0 Å². The summed E-state index contributed by atoms with van der Waals surface area (Å²) >= 11 is 0. The molecule has 1 fully saturated rings. The molecular formula is C12H24O2. The summed E-state index contributed by atoms with van der Waals surface area (Å²) < 4.78 is 11.9. The van der Waals surface area contributed by atoms with Gasteiger partial charge in [-0.1, -0.05) is 27.7 Å².